The first kappa shape index (κ1) is 27.9. The van der Waals surface area contributed by atoms with Gasteiger partial charge in [-0.3, -0.25) is 19.8 Å². The molecule has 5 rings (SSSR count). The molecule has 0 saturated carbocycles. The number of carboxylic acid groups (broad SMARTS) is 2. The molecule has 3 heterocycles. The number of fused-ring (bicyclic) bond motifs is 1. The van der Waals surface area contributed by atoms with E-state index in [0.717, 1.165) is 33.5 Å². The minimum atomic E-state index is -1.26. The van der Waals surface area contributed by atoms with Crippen molar-refractivity contribution in [3.8, 4) is 11.4 Å². The fourth-order valence-electron chi connectivity index (χ4n) is 5.39. The minimum absolute atomic E-state index is 0.211. The topological polar surface area (TPSA) is 150 Å². The molecular weight excluding hydrogens is 512 g/mol. The summed E-state index contributed by atoms with van der Waals surface area (Å²) in [6.07, 6.45) is 3.25. The second kappa shape index (κ2) is 10.6. The molecule has 3 aromatic heterocycles. The van der Waals surface area contributed by atoms with E-state index in [4.69, 9.17) is 5.11 Å². The Hall–Kier alpha value is -5.12. The van der Waals surface area contributed by atoms with Gasteiger partial charge in [-0.1, -0.05) is 35.4 Å². The molecule has 0 aliphatic heterocycles. The maximum Gasteiger partial charge on any atom is 0.353 e. The van der Waals surface area contributed by atoms with Crippen LogP contribution in [0.3, 0.4) is 0 Å². The second-order valence-electron chi connectivity index (χ2n) is 9.91. The Morgan fingerprint density at radius 1 is 0.650 bits per heavy atom. The summed E-state index contributed by atoms with van der Waals surface area (Å²) in [5.74, 6) is -2.50. The third kappa shape index (κ3) is 4.98. The molecular formula is C30H30N4O6. The van der Waals surface area contributed by atoms with Gasteiger partial charge in [-0.05, 0) is 75.9 Å². The van der Waals surface area contributed by atoms with E-state index in [1.807, 2.05) is 53.7 Å². The number of aryl methyl sites for hydroxylation is 6. The molecule has 10 nitrogen and oxygen atoms in total. The summed E-state index contributed by atoms with van der Waals surface area (Å²) in [5, 5.41) is 23.5. The monoisotopic (exact) mass is 542 g/mol. The third-order valence-corrected chi connectivity index (χ3v) is 6.71. The van der Waals surface area contributed by atoms with Gasteiger partial charge in [0.1, 0.15) is 11.2 Å². The highest BCUT2D eigenvalue weighted by Crippen LogP contribution is 2.26. The Morgan fingerprint density at radius 3 is 1.57 bits per heavy atom. The van der Waals surface area contributed by atoms with Gasteiger partial charge in [-0.2, -0.15) is 0 Å². The molecule has 0 amide bonds. The highest BCUT2D eigenvalue weighted by Gasteiger charge is 2.23. The van der Waals surface area contributed by atoms with Crippen LogP contribution in [0.4, 0.5) is 0 Å². The van der Waals surface area contributed by atoms with Gasteiger partial charge in [0.05, 0.1) is 22.3 Å². The lowest BCUT2D eigenvalue weighted by molar-refractivity contribution is 0.0646. The number of carbonyl (C=O) groups is 2. The van der Waals surface area contributed by atoms with Crippen molar-refractivity contribution in [3.05, 3.63) is 114 Å². The first-order valence-corrected chi connectivity index (χ1v) is 12.5. The van der Waals surface area contributed by atoms with Gasteiger partial charge in [0.2, 0.25) is 0 Å². The minimum Gasteiger partial charge on any atom is -0.478 e. The maximum absolute atomic E-state index is 12.0. The number of nitrogens with zero attached hydrogens (tertiary/aromatic N) is 2. The van der Waals surface area contributed by atoms with E-state index < -0.39 is 11.9 Å². The third-order valence-electron chi connectivity index (χ3n) is 6.71. The number of aromatic amines is 2. The van der Waals surface area contributed by atoms with E-state index in [-0.39, 0.29) is 22.4 Å². The molecule has 0 radical (unpaired) electrons. The number of H-pyrrole nitrogens is 2. The SMILES string of the molecule is Cc1cc(C)c(-n2ccc(C(=O)O)c2C(=O)O)c(C)c1.Cc1cc(C)c(-n2ccc3c(=O)[nH][nH]c(=O)c32)c(C)c1. The molecule has 0 spiro atoms. The molecule has 0 bridgehead atoms. The summed E-state index contributed by atoms with van der Waals surface area (Å²) in [5.41, 5.74) is 7.19. The zero-order chi connectivity index (χ0) is 29.5. The molecule has 4 N–H and O–H groups in total. The quantitative estimate of drug-likeness (QED) is 0.258. The van der Waals surface area contributed by atoms with Crippen LogP contribution in [0.1, 0.15) is 54.2 Å². The fourth-order valence-corrected chi connectivity index (χ4v) is 5.39. The number of benzene rings is 2. The van der Waals surface area contributed by atoms with E-state index in [2.05, 4.69) is 22.3 Å². The van der Waals surface area contributed by atoms with Crippen LogP contribution in [0.2, 0.25) is 0 Å². The zero-order valence-electron chi connectivity index (χ0n) is 23.0. The number of aromatic carboxylic acids is 2. The number of nitrogens with one attached hydrogen (secondary N) is 2. The van der Waals surface area contributed by atoms with Gasteiger partial charge in [-0.15, -0.1) is 0 Å². The van der Waals surface area contributed by atoms with E-state index in [0.29, 0.717) is 16.6 Å². The Morgan fingerprint density at radius 2 is 1.10 bits per heavy atom. The first-order valence-electron chi connectivity index (χ1n) is 12.5. The number of aromatic nitrogens is 4. The molecule has 206 valence electrons. The lowest BCUT2D eigenvalue weighted by Gasteiger charge is -2.14. The van der Waals surface area contributed by atoms with Crippen LogP contribution >= 0.6 is 0 Å². The van der Waals surface area contributed by atoms with Crippen LogP contribution in [-0.2, 0) is 0 Å². The molecule has 0 saturated heterocycles. The van der Waals surface area contributed by atoms with Crippen LogP contribution in [0.5, 0.6) is 0 Å². The van der Waals surface area contributed by atoms with Crippen molar-refractivity contribution in [1.82, 2.24) is 19.3 Å². The van der Waals surface area contributed by atoms with Crippen molar-refractivity contribution in [2.45, 2.75) is 41.5 Å². The van der Waals surface area contributed by atoms with Gasteiger partial charge in [-0.25, -0.2) is 9.59 Å². The molecule has 10 heteroatoms. The van der Waals surface area contributed by atoms with Gasteiger partial charge in [0.15, 0.2) is 0 Å². The highest BCUT2D eigenvalue weighted by molar-refractivity contribution is 6.01. The molecule has 0 aliphatic carbocycles. The van der Waals surface area contributed by atoms with E-state index in [9.17, 15) is 24.3 Å². The van der Waals surface area contributed by atoms with E-state index in [1.165, 1.54) is 22.4 Å². The van der Waals surface area contributed by atoms with Crippen LogP contribution < -0.4 is 11.1 Å². The Labute approximate surface area is 229 Å². The molecule has 5 aromatic rings. The number of hydrogen-bond donors (Lipinski definition) is 4. The van der Waals surface area contributed by atoms with Crippen LogP contribution in [-0.4, -0.2) is 41.5 Å². The number of hydrogen-bond acceptors (Lipinski definition) is 4. The van der Waals surface area contributed by atoms with Crippen molar-refractivity contribution in [3.63, 3.8) is 0 Å². The standard InChI is InChI=1S/C15H15N3O2.C15H15NO4/c1-8-6-9(2)12(10(3)7-8)18-5-4-11-13(18)15(20)17-16-14(11)19;1-8-6-9(2)12(10(3)7-8)16-5-4-11(14(17)18)13(16)15(19)20/h4-7H,1-3H3,(H,16,19)(H,17,20);4-7H,1-3H3,(H,17,18)(H,19,20). The van der Waals surface area contributed by atoms with Crippen LogP contribution in [0, 0.1) is 41.5 Å². The molecule has 40 heavy (non-hydrogen) atoms. The fraction of sp³-hybridized carbons (Fsp3) is 0.200. The molecule has 0 unspecified atom stereocenters. The van der Waals surface area contributed by atoms with Gasteiger partial charge >= 0.3 is 11.9 Å². The number of rotatable bonds is 4. The summed E-state index contributed by atoms with van der Waals surface area (Å²) in [7, 11) is 0. The predicted molar refractivity (Wildman–Crippen MR) is 153 cm³/mol. The summed E-state index contributed by atoms with van der Waals surface area (Å²) in [6.45, 7) is 11.8. The Balaban J connectivity index is 0.000000185. The molecule has 2 aromatic carbocycles. The van der Waals surface area contributed by atoms with Crippen molar-refractivity contribution in [1.29, 1.82) is 0 Å². The second-order valence-corrected chi connectivity index (χ2v) is 9.91. The maximum atomic E-state index is 12.0. The van der Waals surface area contributed by atoms with Gasteiger partial charge in [0, 0.05) is 12.4 Å². The zero-order valence-corrected chi connectivity index (χ0v) is 23.0. The molecule has 0 aliphatic rings. The van der Waals surface area contributed by atoms with Gasteiger partial charge in [0.25, 0.3) is 11.1 Å². The average molecular weight is 543 g/mol. The smallest absolute Gasteiger partial charge is 0.353 e. The normalized spacial score (nSPS) is 10.8. The first-order chi connectivity index (χ1) is 18.8. The van der Waals surface area contributed by atoms with Crippen molar-refractivity contribution < 1.29 is 19.8 Å². The highest BCUT2D eigenvalue weighted by atomic mass is 16.4. The summed E-state index contributed by atoms with van der Waals surface area (Å²) >= 11 is 0. The summed E-state index contributed by atoms with van der Waals surface area (Å²) in [6, 6.07) is 11.0. The van der Waals surface area contributed by atoms with E-state index >= 15 is 0 Å². The predicted octanol–water partition coefficient (Wildman–Crippen LogP) is 4.73. The number of carboxylic acids is 2. The van der Waals surface area contributed by atoms with Crippen LogP contribution in [0.15, 0.2) is 58.4 Å². The lowest BCUT2D eigenvalue weighted by Crippen LogP contribution is -2.20. The van der Waals surface area contributed by atoms with Crippen molar-refractivity contribution in [2.24, 2.45) is 0 Å². The Kier molecular flexibility index (Phi) is 7.37. The lowest BCUT2D eigenvalue weighted by atomic mass is 10.0. The average Bonchev–Trinajstić information content (AvgIpc) is 3.47. The Bertz CT molecular complexity index is 1870. The van der Waals surface area contributed by atoms with Crippen molar-refractivity contribution >= 4 is 22.8 Å². The van der Waals surface area contributed by atoms with Crippen LogP contribution in [0.25, 0.3) is 22.3 Å². The summed E-state index contributed by atoms with van der Waals surface area (Å²) in [4.78, 5) is 46.3. The van der Waals surface area contributed by atoms with E-state index in [1.54, 1.807) is 16.8 Å². The molecule has 0 fully saturated rings. The largest absolute Gasteiger partial charge is 0.478 e. The summed E-state index contributed by atoms with van der Waals surface area (Å²) < 4.78 is 3.21. The molecule has 0 atom stereocenters. The van der Waals surface area contributed by atoms with Gasteiger partial charge < -0.3 is 19.3 Å². The van der Waals surface area contributed by atoms with Crippen molar-refractivity contribution in [2.75, 3.05) is 0 Å².